The number of hydrazine groups is 1. The highest BCUT2D eigenvalue weighted by Crippen LogP contribution is 2.51. The van der Waals surface area contributed by atoms with Crippen molar-refractivity contribution in [2.45, 2.75) is 32.6 Å². The molecule has 1 aromatic carbocycles. The third-order valence-electron chi connectivity index (χ3n) is 5.88. The van der Waals surface area contributed by atoms with Crippen LogP contribution in [0.25, 0.3) is 11.3 Å². The minimum Gasteiger partial charge on any atom is -0.465 e. The summed E-state index contributed by atoms with van der Waals surface area (Å²) in [6.07, 6.45) is 7.28. The van der Waals surface area contributed by atoms with Crippen LogP contribution in [0.15, 0.2) is 60.6 Å². The van der Waals surface area contributed by atoms with Gasteiger partial charge in [-0.15, -0.1) is 0 Å². The first-order valence-electron chi connectivity index (χ1n) is 11.5. The van der Waals surface area contributed by atoms with E-state index in [1.54, 1.807) is 19.4 Å². The Morgan fingerprint density at radius 1 is 1.44 bits per heavy atom. The monoisotopic (exact) mass is 464 g/mol. The Bertz CT molecular complexity index is 1100. The van der Waals surface area contributed by atoms with Crippen molar-refractivity contribution < 1.29 is 9.53 Å². The molecule has 1 aliphatic rings. The molecule has 0 radical (unpaired) electrons. The molecule has 8 nitrogen and oxygen atoms in total. The van der Waals surface area contributed by atoms with Crippen molar-refractivity contribution in [2.75, 3.05) is 27.2 Å². The van der Waals surface area contributed by atoms with Crippen molar-refractivity contribution in [3.63, 3.8) is 0 Å². The zero-order valence-corrected chi connectivity index (χ0v) is 20.5. The number of benzene rings is 1. The normalized spacial score (nSPS) is 18.0. The maximum absolute atomic E-state index is 12.5. The Hall–Kier alpha value is -3.36. The molecule has 2 atom stereocenters. The number of ether oxygens (including phenoxy) is 1. The SMILES string of the molecule is C=C(/C=C(\C)c1cccc(-n2ncc(C(=O)OC)c2[C@@H]2CC2/C(N)=C/N(C)N)c1)CNCCC. The Kier molecular flexibility index (Phi) is 8.31. The first kappa shape index (κ1) is 25.3. The number of rotatable bonds is 11. The quantitative estimate of drug-likeness (QED) is 0.154. The lowest BCUT2D eigenvalue weighted by molar-refractivity contribution is 0.0599. The molecule has 1 aromatic heterocycles. The molecule has 34 heavy (non-hydrogen) atoms. The van der Waals surface area contributed by atoms with Gasteiger partial charge in [0.25, 0.3) is 0 Å². The van der Waals surface area contributed by atoms with Crippen LogP contribution in [-0.2, 0) is 4.74 Å². The molecule has 1 aliphatic carbocycles. The molecule has 5 N–H and O–H groups in total. The summed E-state index contributed by atoms with van der Waals surface area (Å²) in [5, 5.41) is 9.37. The molecule has 0 spiro atoms. The van der Waals surface area contributed by atoms with Crippen LogP contribution in [0, 0.1) is 5.92 Å². The first-order valence-corrected chi connectivity index (χ1v) is 11.5. The highest BCUT2D eigenvalue weighted by Gasteiger charge is 2.45. The van der Waals surface area contributed by atoms with Crippen molar-refractivity contribution in [2.24, 2.45) is 17.5 Å². The summed E-state index contributed by atoms with van der Waals surface area (Å²) in [4.78, 5) is 12.5. The number of nitrogens with one attached hydrogen (secondary N) is 1. The zero-order chi connectivity index (χ0) is 24.8. The van der Waals surface area contributed by atoms with E-state index in [9.17, 15) is 4.79 Å². The average molecular weight is 465 g/mol. The summed E-state index contributed by atoms with van der Waals surface area (Å²) in [6.45, 7) is 10.1. The third-order valence-corrected chi connectivity index (χ3v) is 5.88. The zero-order valence-electron chi connectivity index (χ0n) is 20.5. The van der Waals surface area contributed by atoms with E-state index in [4.69, 9.17) is 16.3 Å². The van der Waals surface area contributed by atoms with Crippen LogP contribution in [0.2, 0.25) is 0 Å². The van der Waals surface area contributed by atoms with Crippen molar-refractivity contribution in [1.82, 2.24) is 20.1 Å². The van der Waals surface area contributed by atoms with Crippen molar-refractivity contribution in [3.05, 3.63) is 77.4 Å². The van der Waals surface area contributed by atoms with E-state index in [2.05, 4.69) is 49.1 Å². The molecule has 3 rings (SSSR count). The van der Waals surface area contributed by atoms with Gasteiger partial charge in [-0.2, -0.15) is 5.10 Å². The number of methoxy groups -OCH3 is 1. The van der Waals surface area contributed by atoms with Gasteiger partial charge in [0, 0.05) is 37.3 Å². The van der Waals surface area contributed by atoms with Crippen LogP contribution in [0.4, 0.5) is 0 Å². The predicted molar refractivity (Wildman–Crippen MR) is 136 cm³/mol. The molecule has 0 saturated heterocycles. The number of hydrogen-bond acceptors (Lipinski definition) is 7. The topological polar surface area (TPSA) is 111 Å². The Balaban J connectivity index is 1.93. The van der Waals surface area contributed by atoms with Gasteiger partial charge in [-0.05, 0) is 55.2 Å². The number of carbonyl (C=O) groups excluding carboxylic acids is 1. The van der Waals surface area contributed by atoms with E-state index in [0.717, 1.165) is 54.0 Å². The van der Waals surface area contributed by atoms with E-state index >= 15 is 0 Å². The van der Waals surface area contributed by atoms with Crippen molar-refractivity contribution in [3.8, 4) is 5.69 Å². The molecule has 1 saturated carbocycles. The number of nitrogens with two attached hydrogens (primary N) is 2. The fraction of sp³-hybridized carbons (Fsp3) is 0.385. The summed E-state index contributed by atoms with van der Waals surface area (Å²) in [7, 11) is 3.10. The molecule has 1 fully saturated rings. The standard InChI is InChI=1S/C26H36N6O2/c1-6-10-29-14-17(2)11-18(3)19-8-7-9-20(12-19)32-25(23(15-30-32)26(33)34-5)22-13-21(22)24(27)16-31(4)28/h7-9,11-12,15-16,21-22,29H,2,6,10,13-14,27-28H2,1,3-5H3/b18-11+,24-16-/t21?,22-/m1/s1. The number of allylic oxidation sites excluding steroid dienone is 2. The molecule has 0 bridgehead atoms. The fourth-order valence-electron chi connectivity index (χ4n) is 4.13. The molecule has 1 unspecified atom stereocenters. The second-order valence-electron chi connectivity index (χ2n) is 8.80. The lowest BCUT2D eigenvalue weighted by atomic mass is 10.0. The van der Waals surface area contributed by atoms with Crippen LogP contribution < -0.4 is 16.9 Å². The summed E-state index contributed by atoms with van der Waals surface area (Å²) >= 11 is 0. The van der Waals surface area contributed by atoms with Gasteiger partial charge in [-0.25, -0.2) is 15.3 Å². The first-order chi connectivity index (χ1) is 16.3. The Labute approximate surface area is 201 Å². The van der Waals surface area contributed by atoms with Gasteiger partial charge in [0.05, 0.1) is 24.7 Å². The Morgan fingerprint density at radius 3 is 2.88 bits per heavy atom. The smallest absolute Gasteiger partial charge is 0.341 e. The van der Waals surface area contributed by atoms with Crippen LogP contribution >= 0.6 is 0 Å². The van der Waals surface area contributed by atoms with E-state index in [1.807, 2.05) is 16.8 Å². The van der Waals surface area contributed by atoms with E-state index < -0.39 is 5.97 Å². The Morgan fingerprint density at radius 2 is 2.21 bits per heavy atom. The van der Waals surface area contributed by atoms with Gasteiger partial charge in [-0.1, -0.05) is 31.7 Å². The summed E-state index contributed by atoms with van der Waals surface area (Å²) in [6, 6.07) is 8.10. The molecule has 182 valence electrons. The van der Waals surface area contributed by atoms with Gasteiger partial charge in [0.2, 0.25) is 0 Å². The third kappa shape index (κ3) is 5.95. The lowest BCUT2D eigenvalue weighted by Crippen LogP contribution is -2.21. The van der Waals surface area contributed by atoms with Gasteiger partial charge in [0.1, 0.15) is 5.56 Å². The fourth-order valence-corrected chi connectivity index (χ4v) is 4.13. The van der Waals surface area contributed by atoms with Gasteiger partial charge < -0.3 is 20.8 Å². The summed E-state index contributed by atoms with van der Waals surface area (Å²) in [5.41, 5.74) is 12.3. The van der Waals surface area contributed by atoms with E-state index in [-0.39, 0.29) is 11.8 Å². The maximum atomic E-state index is 12.5. The van der Waals surface area contributed by atoms with E-state index in [0.29, 0.717) is 11.3 Å². The molecular formula is C26H36N6O2. The van der Waals surface area contributed by atoms with Crippen molar-refractivity contribution >= 4 is 11.5 Å². The second-order valence-corrected chi connectivity index (χ2v) is 8.80. The predicted octanol–water partition coefficient (Wildman–Crippen LogP) is 3.33. The number of aromatic nitrogens is 2. The number of esters is 1. The minimum absolute atomic E-state index is 0.0533. The van der Waals surface area contributed by atoms with Gasteiger partial charge >= 0.3 is 5.97 Å². The van der Waals surface area contributed by atoms with Crippen LogP contribution in [0.3, 0.4) is 0 Å². The van der Waals surface area contributed by atoms with Crippen molar-refractivity contribution in [1.29, 1.82) is 0 Å². The van der Waals surface area contributed by atoms with Crippen LogP contribution in [0.5, 0.6) is 0 Å². The second kappa shape index (κ2) is 11.2. The largest absolute Gasteiger partial charge is 0.465 e. The molecule has 0 amide bonds. The maximum Gasteiger partial charge on any atom is 0.341 e. The summed E-state index contributed by atoms with van der Waals surface area (Å²) < 4.78 is 6.84. The number of carbonyl (C=O) groups is 1. The minimum atomic E-state index is -0.409. The highest BCUT2D eigenvalue weighted by atomic mass is 16.5. The van der Waals surface area contributed by atoms with Crippen LogP contribution in [-0.4, -0.2) is 48.0 Å². The summed E-state index contributed by atoms with van der Waals surface area (Å²) in [5.74, 6) is 5.46. The molecule has 2 aromatic rings. The number of hydrogen-bond donors (Lipinski definition) is 3. The van der Waals surface area contributed by atoms with Gasteiger partial charge in [-0.3, -0.25) is 0 Å². The highest BCUT2D eigenvalue weighted by molar-refractivity contribution is 5.91. The van der Waals surface area contributed by atoms with Crippen LogP contribution in [0.1, 0.15) is 54.2 Å². The molecule has 8 heteroatoms. The van der Waals surface area contributed by atoms with Gasteiger partial charge in [0.15, 0.2) is 0 Å². The number of nitrogens with zero attached hydrogens (tertiary/aromatic N) is 3. The molecule has 0 aliphatic heterocycles. The lowest BCUT2D eigenvalue weighted by Gasteiger charge is -2.12. The molecular weight excluding hydrogens is 428 g/mol. The average Bonchev–Trinajstić information content (AvgIpc) is 3.48. The van der Waals surface area contributed by atoms with E-state index in [1.165, 1.54) is 12.1 Å². The molecule has 1 heterocycles.